The second-order valence-corrected chi connectivity index (χ2v) is 7.62. The molecule has 9 heteroatoms. The predicted octanol–water partition coefficient (Wildman–Crippen LogP) is 1.24. The number of rotatable bonds is 4. The highest BCUT2D eigenvalue weighted by Gasteiger charge is 2.41. The minimum absolute atomic E-state index is 0.376. The fourth-order valence-electron chi connectivity index (χ4n) is 2.13. The minimum Gasteiger partial charge on any atom is -0.317 e. The van der Waals surface area contributed by atoms with Crippen LogP contribution in [0.2, 0.25) is 0 Å². The molecule has 1 aliphatic rings. The normalized spacial score (nSPS) is 19.6. The number of hydrogen-bond donors (Lipinski definition) is 2. The van der Waals surface area contributed by atoms with Gasteiger partial charge in [-0.25, -0.2) is 0 Å². The quantitative estimate of drug-likeness (QED) is 0.820. The van der Waals surface area contributed by atoms with E-state index in [2.05, 4.69) is 10.0 Å². The van der Waals surface area contributed by atoms with Gasteiger partial charge in [0.1, 0.15) is 6.54 Å². The minimum atomic E-state index is -4.56. The Bertz CT molecular complexity index is 412. The van der Waals surface area contributed by atoms with Gasteiger partial charge in [-0.1, -0.05) is 0 Å². The summed E-state index contributed by atoms with van der Waals surface area (Å²) in [6.07, 6.45) is -3.81. The first kappa shape index (κ1) is 17.7. The Morgan fingerprint density at radius 3 is 2.10 bits per heavy atom. The molecule has 5 nitrogen and oxygen atoms in total. The molecule has 1 aliphatic heterocycles. The van der Waals surface area contributed by atoms with Crippen LogP contribution < -0.4 is 10.0 Å². The third-order valence-electron chi connectivity index (χ3n) is 2.79. The third-order valence-corrected chi connectivity index (χ3v) is 4.71. The van der Waals surface area contributed by atoms with Crippen molar-refractivity contribution >= 4 is 10.2 Å². The summed E-state index contributed by atoms with van der Waals surface area (Å²) in [6, 6.07) is -0.627. The van der Waals surface area contributed by atoms with Crippen molar-refractivity contribution in [2.45, 2.75) is 51.4 Å². The topological polar surface area (TPSA) is 61.4 Å². The number of alkyl halides is 3. The molecule has 20 heavy (non-hydrogen) atoms. The number of nitrogens with zero attached hydrogens (tertiary/aromatic N) is 1. The summed E-state index contributed by atoms with van der Waals surface area (Å²) in [7, 11) is -4.18. The summed E-state index contributed by atoms with van der Waals surface area (Å²) >= 11 is 0. The van der Waals surface area contributed by atoms with Gasteiger partial charge in [0.05, 0.1) is 0 Å². The van der Waals surface area contributed by atoms with Gasteiger partial charge in [0.2, 0.25) is 0 Å². The SMILES string of the molecule is CC(C)(C)NS(=O)(=O)N(CC(F)(F)F)C1CCNCC1. The lowest BCUT2D eigenvalue weighted by atomic mass is 10.1. The van der Waals surface area contributed by atoms with Crippen LogP contribution in [0.5, 0.6) is 0 Å². The van der Waals surface area contributed by atoms with Gasteiger partial charge in [0.25, 0.3) is 10.2 Å². The van der Waals surface area contributed by atoms with Crippen LogP contribution in [0.25, 0.3) is 0 Å². The zero-order chi connectivity index (χ0) is 15.6. The Morgan fingerprint density at radius 1 is 1.20 bits per heavy atom. The fraction of sp³-hybridized carbons (Fsp3) is 1.00. The monoisotopic (exact) mass is 317 g/mol. The van der Waals surface area contributed by atoms with Crippen molar-refractivity contribution in [3.8, 4) is 0 Å². The molecule has 0 atom stereocenters. The molecule has 1 fully saturated rings. The zero-order valence-corrected chi connectivity index (χ0v) is 12.7. The second kappa shape index (κ2) is 6.17. The van der Waals surface area contributed by atoms with Crippen LogP contribution in [0.4, 0.5) is 13.2 Å². The molecule has 0 aliphatic carbocycles. The van der Waals surface area contributed by atoms with Crippen molar-refractivity contribution in [1.29, 1.82) is 0 Å². The molecule has 1 saturated heterocycles. The van der Waals surface area contributed by atoms with Crippen molar-refractivity contribution in [3.05, 3.63) is 0 Å². The molecular weight excluding hydrogens is 295 g/mol. The molecule has 0 aromatic rings. The summed E-state index contributed by atoms with van der Waals surface area (Å²) in [5.41, 5.74) is -0.824. The highest BCUT2D eigenvalue weighted by atomic mass is 32.2. The largest absolute Gasteiger partial charge is 0.402 e. The van der Waals surface area contributed by atoms with Crippen LogP contribution in [0.1, 0.15) is 33.6 Å². The summed E-state index contributed by atoms with van der Waals surface area (Å²) in [5.74, 6) is 0. The average molecular weight is 317 g/mol. The number of piperidine rings is 1. The van der Waals surface area contributed by atoms with Gasteiger partial charge < -0.3 is 5.32 Å². The van der Waals surface area contributed by atoms with Gasteiger partial charge in [0, 0.05) is 11.6 Å². The lowest BCUT2D eigenvalue weighted by Crippen LogP contribution is -2.56. The van der Waals surface area contributed by atoms with E-state index in [-0.39, 0.29) is 0 Å². The van der Waals surface area contributed by atoms with Gasteiger partial charge in [-0.3, -0.25) is 0 Å². The summed E-state index contributed by atoms with van der Waals surface area (Å²) in [4.78, 5) is 0. The molecule has 0 bridgehead atoms. The van der Waals surface area contributed by atoms with E-state index >= 15 is 0 Å². The molecule has 0 aromatic heterocycles. The molecule has 0 amide bonds. The van der Waals surface area contributed by atoms with Gasteiger partial charge >= 0.3 is 6.18 Å². The van der Waals surface area contributed by atoms with Gasteiger partial charge in [0.15, 0.2) is 0 Å². The van der Waals surface area contributed by atoms with Crippen LogP contribution in [-0.4, -0.2) is 50.1 Å². The maximum atomic E-state index is 12.7. The molecular formula is C11H22F3N3O2S. The lowest BCUT2D eigenvalue weighted by molar-refractivity contribution is -0.140. The molecule has 0 saturated carbocycles. The summed E-state index contributed by atoms with van der Waals surface area (Å²) in [6.45, 7) is 4.37. The molecule has 0 radical (unpaired) electrons. The van der Waals surface area contributed by atoms with Crippen molar-refractivity contribution in [1.82, 2.24) is 14.3 Å². The molecule has 1 rings (SSSR count). The van der Waals surface area contributed by atoms with Crippen LogP contribution in [0.15, 0.2) is 0 Å². The molecule has 2 N–H and O–H groups in total. The lowest BCUT2D eigenvalue weighted by Gasteiger charge is -2.36. The highest BCUT2D eigenvalue weighted by molar-refractivity contribution is 7.87. The number of nitrogens with one attached hydrogen (secondary N) is 2. The van der Waals surface area contributed by atoms with Gasteiger partial charge in [-0.05, 0) is 46.7 Å². The maximum absolute atomic E-state index is 12.7. The number of hydrogen-bond acceptors (Lipinski definition) is 3. The van der Waals surface area contributed by atoms with E-state index in [0.717, 1.165) is 0 Å². The smallest absolute Gasteiger partial charge is 0.317 e. The van der Waals surface area contributed by atoms with Crippen LogP contribution in [0, 0.1) is 0 Å². The number of halogens is 3. The Morgan fingerprint density at radius 2 is 1.70 bits per heavy atom. The van der Waals surface area contributed by atoms with Crippen molar-refractivity contribution in [2.75, 3.05) is 19.6 Å². The standard InChI is InChI=1S/C11H22F3N3O2S/c1-10(2,3)16-20(18,19)17(8-11(12,13)14)9-4-6-15-7-5-9/h9,15-16H,4-8H2,1-3H3. The van der Waals surface area contributed by atoms with Crippen molar-refractivity contribution in [3.63, 3.8) is 0 Å². The average Bonchev–Trinajstić information content (AvgIpc) is 2.22. The van der Waals surface area contributed by atoms with E-state index in [1.165, 1.54) is 0 Å². The Labute approximate surface area is 118 Å². The van der Waals surface area contributed by atoms with E-state index in [1.54, 1.807) is 20.8 Å². The molecule has 120 valence electrons. The van der Waals surface area contributed by atoms with E-state index in [9.17, 15) is 21.6 Å². The van der Waals surface area contributed by atoms with E-state index in [0.29, 0.717) is 30.2 Å². The van der Waals surface area contributed by atoms with E-state index < -0.39 is 34.5 Å². The first-order valence-corrected chi connectivity index (χ1v) is 7.93. The third kappa shape index (κ3) is 5.94. The summed E-state index contributed by atoms with van der Waals surface area (Å²) < 4.78 is 65.3. The molecule has 1 heterocycles. The second-order valence-electron chi connectivity index (χ2n) is 6.00. The van der Waals surface area contributed by atoms with Crippen molar-refractivity contribution < 1.29 is 21.6 Å². The predicted molar refractivity (Wildman–Crippen MR) is 70.5 cm³/mol. The van der Waals surface area contributed by atoms with Gasteiger partial charge in [-0.15, -0.1) is 0 Å². The highest BCUT2D eigenvalue weighted by Crippen LogP contribution is 2.24. The van der Waals surface area contributed by atoms with E-state index in [4.69, 9.17) is 0 Å². The van der Waals surface area contributed by atoms with Crippen LogP contribution in [0.3, 0.4) is 0 Å². The van der Waals surface area contributed by atoms with Crippen LogP contribution >= 0.6 is 0 Å². The Balaban J connectivity index is 2.96. The zero-order valence-electron chi connectivity index (χ0n) is 11.9. The fourth-order valence-corrected chi connectivity index (χ4v) is 3.94. The summed E-state index contributed by atoms with van der Waals surface area (Å²) in [5, 5.41) is 3.01. The van der Waals surface area contributed by atoms with E-state index in [1.807, 2.05) is 0 Å². The van der Waals surface area contributed by atoms with Crippen LogP contribution in [-0.2, 0) is 10.2 Å². The first-order valence-electron chi connectivity index (χ1n) is 6.49. The van der Waals surface area contributed by atoms with Crippen molar-refractivity contribution in [2.24, 2.45) is 0 Å². The molecule has 0 spiro atoms. The maximum Gasteiger partial charge on any atom is 0.402 e. The Hall–Kier alpha value is -0.380. The first-order chi connectivity index (χ1) is 8.91. The Kier molecular flexibility index (Phi) is 5.45. The van der Waals surface area contributed by atoms with Gasteiger partial charge in [-0.2, -0.15) is 30.6 Å². The molecule has 0 aromatic carbocycles. The molecule has 0 unspecified atom stereocenters.